The Kier molecular flexibility index (Phi) is 4.06. The Morgan fingerprint density at radius 2 is 1.90 bits per heavy atom. The first-order chi connectivity index (χ1) is 9.27. The van der Waals surface area contributed by atoms with Gasteiger partial charge in [0.25, 0.3) is 9.05 Å². The third-order valence-electron chi connectivity index (χ3n) is 2.84. The van der Waals surface area contributed by atoms with Crippen LogP contribution in [0.25, 0.3) is 0 Å². The van der Waals surface area contributed by atoms with E-state index in [9.17, 15) is 8.42 Å². The Morgan fingerprint density at radius 3 is 2.35 bits per heavy atom. The Morgan fingerprint density at radius 1 is 1.30 bits per heavy atom. The second-order valence-electron chi connectivity index (χ2n) is 4.63. The molecule has 7 heteroatoms. The number of benzene rings is 1. The molecule has 0 aliphatic heterocycles. The minimum Gasteiger partial charge on any atom is -0.489 e. The molecule has 0 saturated carbocycles. The summed E-state index contributed by atoms with van der Waals surface area (Å²) in [6.45, 7) is 3.76. The number of halogens is 1. The van der Waals surface area contributed by atoms with Gasteiger partial charge in [-0.1, -0.05) is 0 Å². The van der Waals surface area contributed by atoms with Crippen molar-refractivity contribution < 1.29 is 13.2 Å². The first kappa shape index (κ1) is 14.9. The van der Waals surface area contributed by atoms with Crippen LogP contribution < -0.4 is 4.74 Å². The SMILES string of the molecule is Cc1cc(OCc2cnn(C)c2)cc(C)c1S(=O)(=O)Cl. The van der Waals surface area contributed by atoms with Crippen molar-refractivity contribution in [1.82, 2.24) is 9.78 Å². The highest BCUT2D eigenvalue weighted by molar-refractivity contribution is 8.13. The molecule has 2 aromatic rings. The summed E-state index contributed by atoms with van der Waals surface area (Å²) < 4.78 is 30.3. The van der Waals surface area contributed by atoms with Crippen molar-refractivity contribution >= 4 is 19.7 Å². The molecule has 108 valence electrons. The van der Waals surface area contributed by atoms with Crippen LogP contribution in [-0.4, -0.2) is 18.2 Å². The summed E-state index contributed by atoms with van der Waals surface area (Å²) in [6, 6.07) is 3.33. The molecule has 0 N–H and O–H groups in total. The fourth-order valence-corrected chi connectivity index (χ4v) is 3.71. The lowest BCUT2D eigenvalue weighted by Gasteiger charge is -2.11. The number of aryl methyl sites for hydroxylation is 3. The normalized spacial score (nSPS) is 11.6. The van der Waals surface area contributed by atoms with Crippen molar-refractivity contribution in [2.45, 2.75) is 25.3 Å². The number of rotatable bonds is 4. The summed E-state index contributed by atoms with van der Waals surface area (Å²) in [5, 5.41) is 4.05. The zero-order chi connectivity index (χ0) is 14.9. The Bertz CT molecular complexity index is 715. The van der Waals surface area contributed by atoms with Crippen molar-refractivity contribution in [3.8, 4) is 5.75 Å². The molecule has 0 amide bonds. The minimum absolute atomic E-state index is 0.146. The Hall–Kier alpha value is -1.53. The van der Waals surface area contributed by atoms with Gasteiger partial charge in [-0.15, -0.1) is 0 Å². The van der Waals surface area contributed by atoms with Crippen LogP contribution in [0.4, 0.5) is 0 Å². The van der Waals surface area contributed by atoms with Crippen molar-refractivity contribution in [3.05, 3.63) is 41.2 Å². The maximum absolute atomic E-state index is 11.5. The van der Waals surface area contributed by atoms with Crippen LogP contribution in [0.5, 0.6) is 5.75 Å². The van der Waals surface area contributed by atoms with E-state index in [0.29, 0.717) is 23.5 Å². The summed E-state index contributed by atoms with van der Waals surface area (Å²) in [7, 11) is 3.51. The molecule has 0 spiro atoms. The number of aromatic nitrogens is 2. The van der Waals surface area contributed by atoms with Gasteiger partial charge in [0.05, 0.1) is 11.1 Å². The van der Waals surface area contributed by atoms with Gasteiger partial charge >= 0.3 is 0 Å². The summed E-state index contributed by atoms with van der Waals surface area (Å²) in [5.74, 6) is 0.605. The lowest BCUT2D eigenvalue weighted by atomic mass is 10.1. The molecule has 2 rings (SSSR count). The molecule has 0 unspecified atom stereocenters. The van der Waals surface area contributed by atoms with E-state index in [1.165, 1.54) is 0 Å². The topological polar surface area (TPSA) is 61.2 Å². The van der Waals surface area contributed by atoms with Crippen molar-refractivity contribution in [3.63, 3.8) is 0 Å². The fraction of sp³-hybridized carbons (Fsp3) is 0.308. The van der Waals surface area contributed by atoms with E-state index in [1.54, 1.807) is 36.9 Å². The monoisotopic (exact) mass is 314 g/mol. The highest BCUT2D eigenvalue weighted by Crippen LogP contribution is 2.28. The molecule has 1 aromatic heterocycles. The summed E-state index contributed by atoms with van der Waals surface area (Å²) in [5.41, 5.74) is 2.08. The lowest BCUT2D eigenvalue weighted by Crippen LogP contribution is -2.01. The molecule has 20 heavy (non-hydrogen) atoms. The van der Waals surface area contributed by atoms with Crippen molar-refractivity contribution in [1.29, 1.82) is 0 Å². The fourth-order valence-electron chi connectivity index (χ4n) is 2.09. The molecule has 0 bridgehead atoms. The second kappa shape index (κ2) is 5.46. The first-order valence-electron chi connectivity index (χ1n) is 5.93. The standard InChI is InChI=1S/C13H15ClN2O3S/c1-9-4-12(5-10(2)13(9)20(14,17)18)19-8-11-6-15-16(3)7-11/h4-7H,8H2,1-3H3. The van der Waals surface area contributed by atoms with E-state index in [2.05, 4.69) is 5.10 Å². The molecule has 0 atom stereocenters. The Labute approximate surface area is 122 Å². The summed E-state index contributed by atoms with van der Waals surface area (Å²) >= 11 is 0. The van der Waals surface area contributed by atoms with Gasteiger partial charge < -0.3 is 4.74 Å². The molecule has 0 radical (unpaired) electrons. The molecule has 1 aromatic carbocycles. The van der Waals surface area contributed by atoms with Crippen molar-refractivity contribution in [2.24, 2.45) is 7.05 Å². The van der Waals surface area contributed by atoms with Crippen LogP contribution in [0.3, 0.4) is 0 Å². The number of hydrogen-bond donors (Lipinski definition) is 0. The maximum atomic E-state index is 11.5. The van der Waals surface area contributed by atoms with Gasteiger partial charge in [-0.3, -0.25) is 4.68 Å². The number of hydrogen-bond acceptors (Lipinski definition) is 4. The van der Waals surface area contributed by atoms with Crippen LogP contribution in [0.15, 0.2) is 29.4 Å². The van der Waals surface area contributed by atoms with Crippen LogP contribution in [0.2, 0.25) is 0 Å². The number of nitrogens with zero attached hydrogens (tertiary/aromatic N) is 2. The smallest absolute Gasteiger partial charge is 0.261 e. The van der Waals surface area contributed by atoms with E-state index < -0.39 is 9.05 Å². The van der Waals surface area contributed by atoms with E-state index in [-0.39, 0.29) is 4.90 Å². The van der Waals surface area contributed by atoms with Gasteiger partial charge in [0, 0.05) is 29.5 Å². The Balaban J connectivity index is 2.23. The predicted molar refractivity (Wildman–Crippen MR) is 76.5 cm³/mol. The summed E-state index contributed by atoms with van der Waals surface area (Å²) in [6.07, 6.45) is 3.58. The van der Waals surface area contributed by atoms with Gasteiger partial charge in [-0.05, 0) is 37.1 Å². The zero-order valence-corrected chi connectivity index (χ0v) is 13.0. The van der Waals surface area contributed by atoms with Gasteiger partial charge in [-0.2, -0.15) is 5.10 Å². The molecular weight excluding hydrogens is 300 g/mol. The zero-order valence-electron chi connectivity index (χ0n) is 11.4. The van der Waals surface area contributed by atoms with E-state index in [0.717, 1.165) is 5.56 Å². The third kappa shape index (κ3) is 3.32. The van der Waals surface area contributed by atoms with Gasteiger partial charge in [0.2, 0.25) is 0 Å². The van der Waals surface area contributed by atoms with Gasteiger partial charge in [-0.25, -0.2) is 8.42 Å². The molecule has 0 aliphatic rings. The predicted octanol–water partition coefficient (Wildman–Crippen LogP) is 2.54. The number of ether oxygens (including phenoxy) is 1. The highest BCUT2D eigenvalue weighted by atomic mass is 35.7. The van der Waals surface area contributed by atoms with E-state index >= 15 is 0 Å². The van der Waals surface area contributed by atoms with Gasteiger partial charge in [0.1, 0.15) is 12.4 Å². The quantitative estimate of drug-likeness (QED) is 0.814. The summed E-state index contributed by atoms with van der Waals surface area (Å²) in [4.78, 5) is 0.146. The van der Waals surface area contributed by atoms with Gasteiger partial charge in [0.15, 0.2) is 0 Å². The van der Waals surface area contributed by atoms with Crippen LogP contribution in [-0.2, 0) is 22.7 Å². The highest BCUT2D eigenvalue weighted by Gasteiger charge is 2.17. The van der Waals surface area contributed by atoms with Crippen molar-refractivity contribution in [2.75, 3.05) is 0 Å². The maximum Gasteiger partial charge on any atom is 0.261 e. The van der Waals surface area contributed by atoms with E-state index in [1.807, 2.05) is 13.2 Å². The average molecular weight is 315 g/mol. The average Bonchev–Trinajstić information content (AvgIpc) is 2.69. The third-order valence-corrected chi connectivity index (χ3v) is 4.44. The van der Waals surface area contributed by atoms with Crippen LogP contribution >= 0.6 is 10.7 Å². The first-order valence-corrected chi connectivity index (χ1v) is 8.24. The molecular formula is C13H15ClN2O3S. The van der Waals surface area contributed by atoms with Crippen LogP contribution in [0.1, 0.15) is 16.7 Å². The van der Waals surface area contributed by atoms with Crippen LogP contribution in [0, 0.1) is 13.8 Å². The van der Waals surface area contributed by atoms with E-state index in [4.69, 9.17) is 15.4 Å². The molecule has 5 nitrogen and oxygen atoms in total. The lowest BCUT2D eigenvalue weighted by molar-refractivity contribution is 0.305. The molecule has 1 heterocycles. The largest absolute Gasteiger partial charge is 0.489 e. The second-order valence-corrected chi connectivity index (χ2v) is 7.14. The molecule has 0 aliphatic carbocycles. The molecule has 0 saturated heterocycles. The minimum atomic E-state index is -3.74. The molecule has 0 fully saturated rings.